The molecule has 13 nitrogen and oxygen atoms in total. The number of nitro groups is 1. The third kappa shape index (κ3) is 8.67. The van der Waals surface area contributed by atoms with Crippen LogP contribution in [0.2, 0.25) is 0 Å². The first kappa shape index (κ1) is 28.3. The van der Waals surface area contributed by atoms with E-state index in [-0.39, 0.29) is 35.6 Å². The second-order valence-electron chi connectivity index (χ2n) is 8.81. The Hall–Kier alpha value is -2.91. The first-order valence-electron chi connectivity index (χ1n) is 10.4. The summed E-state index contributed by atoms with van der Waals surface area (Å²) >= 11 is 0.991. The molecule has 1 aliphatic rings. The highest BCUT2D eigenvalue weighted by Crippen LogP contribution is 2.30. The summed E-state index contributed by atoms with van der Waals surface area (Å²) in [5.41, 5.74) is -0.616. The Kier molecular flexibility index (Phi) is 9.08. The lowest BCUT2D eigenvalue weighted by atomic mass is 10.2. The summed E-state index contributed by atoms with van der Waals surface area (Å²) in [6, 6.07) is 4.58. The van der Waals surface area contributed by atoms with Crippen LogP contribution in [-0.2, 0) is 31.1 Å². The van der Waals surface area contributed by atoms with E-state index < -0.39 is 45.5 Å². The molecule has 0 saturated carbocycles. The van der Waals surface area contributed by atoms with Crippen LogP contribution in [0.5, 0.6) is 0 Å². The summed E-state index contributed by atoms with van der Waals surface area (Å²) in [6.07, 6.45) is -1.80. The molecule has 1 fully saturated rings. The molecule has 1 aromatic carbocycles. The molecule has 2 amide bonds. The molecule has 2 N–H and O–H groups in total. The Morgan fingerprint density at radius 3 is 2.34 bits per heavy atom. The van der Waals surface area contributed by atoms with Gasteiger partial charge in [0.2, 0.25) is 0 Å². The highest BCUT2D eigenvalue weighted by molar-refractivity contribution is 8.14. The molecule has 1 heterocycles. The van der Waals surface area contributed by atoms with Gasteiger partial charge in [0.25, 0.3) is 5.69 Å². The lowest BCUT2D eigenvalue weighted by molar-refractivity contribution is -0.384. The number of likely N-dealkylation sites (tertiary alicyclic amines) is 1. The minimum atomic E-state index is -4.53. The van der Waals surface area contributed by atoms with Crippen LogP contribution in [-0.4, -0.2) is 69.8 Å². The van der Waals surface area contributed by atoms with E-state index in [1.54, 1.807) is 20.8 Å². The number of carbonyl (C=O) groups is 3. The van der Waals surface area contributed by atoms with E-state index >= 15 is 0 Å². The number of carbonyl (C=O) groups excluding carboxylic acids is 3. The van der Waals surface area contributed by atoms with Crippen molar-refractivity contribution in [3.63, 3.8) is 0 Å². The minimum absolute atomic E-state index is 0.0702. The number of hydrogen-bond donors (Lipinski definition) is 1. The zero-order chi connectivity index (χ0) is 26.6. The molecule has 2 unspecified atom stereocenters. The lowest BCUT2D eigenvalue weighted by Crippen LogP contribution is -2.50. The normalized spacial score (nSPS) is 18.1. The summed E-state index contributed by atoms with van der Waals surface area (Å²) in [4.78, 5) is 48.4. The van der Waals surface area contributed by atoms with Gasteiger partial charge >= 0.3 is 22.4 Å². The second-order valence-corrected chi connectivity index (χ2v) is 11.8. The number of hydrogen-bond acceptors (Lipinski definition) is 10. The maximum absolute atomic E-state index is 12.9. The van der Waals surface area contributed by atoms with Crippen molar-refractivity contribution in [1.82, 2.24) is 9.21 Å². The molecule has 0 bridgehead atoms. The van der Waals surface area contributed by atoms with E-state index in [0.717, 1.165) is 11.8 Å². The summed E-state index contributed by atoms with van der Waals surface area (Å²) in [6.45, 7) is 5.42. The van der Waals surface area contributed by atoms with Gasteiger partial charge in [0.05, 0.1) is 17.5 Å². The van der Waals surface area contributed by atoms with Gasteiger partial charge in [0.1, 0.15) is 12.2 Å². The molecule has 1 aromatic rings. The third-order valence-corrected chi connectivity index (χ3v) is 6.65. The van der Waals surface area contributed by atoms with Crippen molar-refractivity contribution in [2.75, 3.05) is 13.1 Å². The molecular formula is C20H28N4O9S2. The van der Waals surface area contributed by atoms with Crippen molar-refractivity contribution in [1.29, 1.82) is 0 Å². The first-order valence-corrected chi connectivity index (χ1v) is 12.8. The Morgan fingerprint density at radius 2 is 1.86 bits per heavy atom. The number of thioether (sulfide) groups is 1. The third-order valence-electron chi connectivity index (χ3n) is 4.73. The van der Waals surface area contributed by atoms with Crippen LogP contribution in [0.25, 0.3) is 0 Å². The summed E-state index contributed by atoms with van der Waals surface area (Å²) < 4.78 is 35.1. The molecular weight excluding hydrogens is 504 g/mol. The van der Waals surface area contributed by atoms with Gasteiger partial charge < -0.3 is 14.4 Å². The molecule has 1 saturated heterocycles. The van der Waals surface area contributed by atoms with E-state index in [1.807, 2.05) is 0 Å². The summed E-state index contributed by atoms with van der Waals surface area (Å²) in [5, 5.41) is 15.5. The van der Waals surface area contributed by atoms with E-state index in [4.69, 9.17) is 14.6 Å². The van der Waals surface area contributed by atoms with Crippen LogP contribution >= 0.6 is 11.8 Å². The number of nitrogens with zero attached hydrogens (tertiary/aromatic N) is 3. The molecule has 35 heavy (non-hydrogen) atoms. The molecule has 0 radical (unpaired) electrons. The zero-order valence-electron chi connectivity index (χ0n) is 19.7. The number of non-ortho nitro benzene ring substituents is 1. The number of nitrogens with two attached hydrogens (primary N) is 1. The summed E-state index contributed by atoms with van der Waals surface area (Å²) in [7, 11) is -4.53. The van der Waals surface area contributed by atoms with Crippen molar-refractivity contribution in [2.24, 2.45) is 5.14 Å². The molecule has 194 valence electrons. The second kappa shape index (κ2) is 11.2. The zero-order valence-corrected chi connectivity index (χ0v) is 21.3. The topological polar surface area (TPSA) is 179 Å². The highest BCUT2D eigenvalue weighted by Gasteiger charge is 2.41. The molecule has 15 heteroatoms. The number of amides is 2. The SMILES string of the molecule is CC(=O)SC1CC(CN(C(=O)OC(C)(C)C)S(N)(=O)=O)N(C(=O)OCc2ccc([N+](=O)[O-])cc2)C1. The molecule has 1 aliphatic heterocycles. The summed E-state index contributed by atoms with van der Waals surface area (Å²) in [5.74, 6) is 0. The van der Waals surface area contributed by atoms with Gasteiger partial charge in [-0.25, -0.2) is 14.7 Å². The maximum atomic E-state index is 12.9. The van der Waals surface area contributed by atoms with Crippen LogP contribution in [0, 0.1) is 10.1 Å². The van der Waals surface area contributed by atoms with Crippen molar-refractivity contribution in [2.45, 2.75) is 57.6 Å². The first-order chi connectivity index (χ1) is 16.1. The van der Waals surface area contributed by atoms with E-state index in [9.17, 15) is 32.9 Å². The molecule has 2 rings (SSSR count). The van der Waals surface area contributed by atoms with Crippen molar-refractivity contribution in [3.05, 3.63) is 39.9 Å². The van der Waals surface area contributed by atoms with E-state index in [2.05, 4.69) is 0 Å². The van der Waals surface area contributed by atoms with Gasteiger partial charge in [-0.3, -0.25) is 14.9 Å². The molecule has 0 aliphatic carbocycles. The van der Waals surface area contributed by atoms with Crippen LogP contribution in [0.3, 0.4) is 0 Å². The lowest BCUT2D eigenvalue weighted by Gasteiger charge is -2.30. The largest absolute Gasteiger partial charge is 0.445 e. The van der Waals surface area contributed by atoms with E-state index in [0.29, 0.717) is 9.87 Å². The molecule has 0 aromatic heterocycles. The van der Waals surface area contributed by atoms with Gasteiger partial charge in [-0.1, -0.05) is 11.8 Å². The molecule has 2 atom stereocenters. The van der Waals surface area contributed by atoms with Gasteiger partial charge in [-0.2, -0.15) is 12.7 Å². The average molecular weight is 533 g/mol. The van der Waals surface area contributed by atoms with Crippen LogP contribution < -0.4 is 5.14 Å². The fourth-order valence-electron chi connectivity index (χ4n) is 3.32. The smallest absolute Gasteiger partial charge is 0.425 e. The predicted octanol–water partition coefficient (Wildman–Crippen LogP) is 2.39. The van der Waals surface area contributed by atoms with E-state index in [1.165, 1.54) is 36.1 Å². The highest BCUT2D eigenvalue weighted by atomic mass is 32.2. The number of ether oxygens (including phenoxy) is 2. The molecule has 0 spiro atoms. The Balaban J connectivity index is 2.19. The Morgan fingerprint density at radius 1 is 1.26 bits per heavy atom. The number of nitro benzene ring substituents is 1. The van der Waals surface area contributed by atoms with Crippen molar-refractivity contribution in [3.8, 4) is 0 Å². The van der Waals surface area contributed by atoms with Gasteiger partial charge in [-0.15, -0.1) is 0 Å². The maximum Gasteiger partial charge on any atom is 0.425 e. The fourth-order valence-corrected chi connectivity index (χ4v) is 4.97. The van der Waals surface area contributed by atoms with Gasteiger partial charge in [-0.05, 0) is 44.9 Å². The van der Waals surface area contributed by atoms with Crippen LogP contribution in [0.15, 0.2) is 24.3 Å². The number of benzene rings is 1. The van der Waals surface area contributed by atoms with Crippen LogP contribution in [0.4, 0.5) is 15.3 Å². The monoisotopic (exact) mass is 532 g/mol. The fraction of sp³-hybridized carbons (Fsp3) is 0.550. The quantitative estimate of drug-likeness (QED) is 0.404. The van der Waals surface area contributed by atoms with Gasteiger partial charge in [0, 0.05) is 30.9 Å². The average Bonchev–Trinajstić information content (AvgIpc) is 3.10. The van der Waals surface area contributed by atoms with Gasteiger partial charge in [0.15, 0.2) is 5.12 Å². The Bertz CT molecular complexity index is 1070. The van der Waals surface area contributed by atoms with Crippen LogP contribution in [0.1, 0.15) is 39.7 Å². The van der Waals surface area contributed by atoms with Crippen molar-refractivity contribution >= 4 is 45.0 Å². The Labute approximate surface area is 207 Å². The van der Waals surface area contributed by atoms with Crippen molar-refractivity contribution < 1.29 is 37.2 Å². The minimum Gasteiger partial charge on any atom is -0.445 e. The predicted molar refractivity (Wildman–Crippen MR) is 126 cm³/mol. The standard InChI is InChI=1S/C20H28N4O9S2/c1-13(25)34-17-9-16(10-23(35(21,30)31)19(27)33-20(2,3)4)22(11-17)18(26)32-12-14-5-7-15(8-6-14)24(28)29/h5-8,16-17H,9-12H2,1-4H3,(H2,21,30,31). The number of rotatable bonds is 7.